The van der Waals surface area contributed by atoms with E-state index in [1.54, 1.807) is 0 Å². The first-order valence-corrected chi connectivity index (χ1v) is 7.72. The second-order valence-electron chi connectivity index (χ2n) is 4.66. The van der Waals surface area contributed by atoms with Crippen LogP contribution < -0.4 is 4.74 Å². The number of para-hydroxylation sites is 1. The van der Waals surface area contributed by atoms with Crippen molar-refractivity contribution in [3.8, 4) is 5.75 Å². The molecule has 0 saturated carbocycles. The first-order chi connectivity index (χ1) is 9.31. The molecule has 2 aromatic rings. The summed E-state index contributed by atoms with van der Waals surface area (Å²) in [5.74, 6) is 1.45. The van der Waals surface area contributed by atoms with Gasteiger partial charge >= 0.3 is 0 Å². The van der Waals surface area contributed by atoms with Gasteiger partial charge in [-0.2, -0.15) is 0 Å². The normalized spacial score (nSPS) is 12.1. The molecule has 1 atom stereocenters. The fourth-order valence-electron chi connectivity index (χ4n) is 2.20. The van der Waals surface area contributed by atoms with E-state index >= 15 is 0 Å². The summed E-state index contributed by atoms with van der Waals surface area (Å²) in [4.78, 5) is 0. The third-order valence-electron chi connectivity index (χ3n) is 3.29. The minimum Gasteiger partial charge on any atom is -0.494 e. The van der Waals surface area contributed by atoms with Crippen molar-refractivity contribution >= 4 is 15.9 Å². The Kier molecular flexibility index (Phi) is 5.46. The monoisotopic (exact) mass is 318 g/mol. The van der Waals surface area contributed by atoms with Crippen LogP contribution >= 0.6 is 15.9 Å². The first kappa shape index (κ1) is 14.1. The van der Waals surface area contributed by atoms with Crippen LogP contribution in [0.15, 0.2) is 54.6 Å². The number of hydrogen-bond donors (Lipinski definition) is 0. The summed E-state index contributed by atoms with van der Waals surface area (Å²) in [5, 5.41) is 0.968. The number of alkyl halides is 1. The van der Waals surface area contributed by atoms with Gasteiger partial charge in [-0.3, -0.25) is 0 Å². The van der Waals surface area contributed by atoms with Crippen LogP contribution in [0.4, 0.5) is 0 Å². The van der Waals surface area contributed by atoms with E-state index in [4.69, 9.17) is 4.74 Å². The Morgan fingerprint density at radius 3 is 2.37 bits per heavy atom. The molecule has 0 N–H and O–H groups in total. The van der Waals surface area contributed by atoms with E-state index in [9.17, 15) is 0 Å². The SMILES string of the molecule is Cc1ccccc1C(CBr)CCOc1ccccc1. The zero-order valence-electron chi connectivity index (χ0n) is 11.2. The lowest BCUT2D eigenvalue weighted by atomic mass is 9.94. The maximum absolute atomic E-state index is 5.78. The maximum atomic E-state index is 5.78. The second kappa shape index (κ2) is 7.34. The van der Waals surface area contributed by atoms with Gasteiger partial charge in [0.2, 0.25) is 0 Å². The van der Waals surface area contributed by atoms with E-state index in [1.165, 1.54) is 11.1 Å². The topological polar surface area (TPSA) is 9.23 Å². The molecular formula is C17H19BrO. The molecule has 0 bridgehead atoms. The molecule has 2 rings (SSSR count). The number of aryl methyl sites for hydroxylation is 1. The smallest absolute Gasteiger partial charge is 0.119 e. The zero-order valence-corrected chi connectivity index (χ0v) is 12.8. The van der Waals surface area contributed by atoms with Crippen LogP contribution in [-0.2, 0) is 0 Å². The van der Waals surface area contributed by atoms with Crippen molar-refractivity contribution in [2.24, 2.45) is 0 Å². The van der Waals surface area contributed by atoms with Gasteiger partial charge in [0.1, 0.15) is 5.75 Å². The Morgan fingerprint density at radius 2 is 1.68 bits per heavy atom. The number of rotatable bonds is 6. The summed E-state index contributed by atoms with van der Waals surface area (Å²) in [6.07, 6.45) is 1.02. The fourth-order valence-corrected chi connectivity index (χ4v) is 2.87. The highest BCUT2D eigenvalue weighted by molar-refractivity contribution is 9.09. The molecule has 0 fully saturated rings. The number of benzene rings is 2. The molecule has 0 saturated heterocycles. The van der Waals surface area contributed by atoms with Crippen LogP contribution in [0.25, 0.3) is 0 Å². The molecule has 0 radical (unpaired) electrons. The van der Waals surface area contributed by atoms with Crippen molar-refractivity contribution in [3.63, 3.8) is 0 Å². The van der Waals surface area contributed by atoms with Crippen molar-refractivity contribution in [1.82, 2.24) is 0 Å². The summed E-state index contributed by atoms with van der Waals surface area (Å²) < 4.78 is 5.78. The third kappa shape index (κ3) is 4.10. The van der Waals surface area contributed by atoms with Crippen LogP contribution in [0.1, 0.15) is 23.5 Å². The van der Waals surface area contributed by atoms with Crippen LogP contribution in [-0.4, -0.2) is 11.9 Å². The molecule has 2 aromatic carbocycles. The molecule has 1 unspecified atom stereocenters. The van der Waals surface area contributed by atoms with Gasteiger partial charge in [0.05, 0.1) is 6.61 Å². The zero-order chi connectivity index (χ0) is 13.5. The highest BCUT2D eigenvalue weighted by Gasteiger charge is 2.12. The highest BCUT2D eigenvalue weighted by Crippen LogP contribution is 2.25. The van der Waals surface area contributed by atoms with Gasteiger partial charge in [-0.05, 0) is 42.5 Å². The molecule has 2 heteroatoms. The van der Waals surface area contributed by atoms with Gasteiger partial charge in [0.15, 0.2) is 0 Å². The Balaban J connectivity index is 1.92. The average Bonchev–Trinajstić information content (AvgIpc) is 2.46. The van der Waals surface area contributed by atoms with Gasteiger partial charge in [-0.1, -0.05) is 58.4 Å². The van der Waals surface area contributed by atoms with E-state index < -0.39 is 0 Å². The van der Waals surface area contributed by atoms with Gasteiger partial charge < -0.3 is 4.74 Å². The predicted octanol–water partition coefficient (Wildman–Crippen LogP) is 4.94. The van der Waals surface area contributed by atoms with Crippen molar-refractivity contribution in [2.75, 3.05) is 11.9 Å². The summed E-state index contributed by atoms with van der Waals surface area (Å²) >= 11 is 3.62. The van der Waals surface area contributed by atoms with E-state index in [-0.39, 0.29) is 0 Å². The Morgan fingerprint density at radius 1 is 1.00 bits per heavy atom. The van der Waals surface area contributed by atoms with Crippen molar-refractivity contribution in [2.45, 2.75) is 19.3 Å². The van der Waals surface area contributed by atoms with Gasteiger partial charge in [-0.15, -0.1) is 0 Å². The lowest BCUT2D eigenvalue weighted by molar-refractivity contribution is 0.301. The molecule has 1 nitrogen and oxygen atoms in total. The number of halogens is 1. The second-order valence-corrected chi connectivity index (χ2v) is 5.31. The molecular weight excluding hydrogens is 300 g/mol. The van der Waals surface area contributed by atoms with E-state index in [0.29, 0.717) is 5.92 Å². The van der Waals surface area contributed by atoms with Crippen LogP contribution in [0.3, 0.4) is 0 Å². The fraction of sp³-hybridized carbons (Fsp3) is 0.294. The molecule has 0 spiro atoms. The predicted molar refractivity (Wildman–Crippen MR) is 84.3 cm³/mol. The molecule has 19 heavy (non-hydrogen) atoms. The molecule has 0 aliphatic heterocycles. The van der Waals surface area contributed by atoms with Gasteiger partial charge in [0, 0.05) is 5.33 Å². The maximum Gasteiger partial charge on any atom is 0.119 e. The van der Waals surface area contributed by atoms with E-state index in [2.05, 4.69) is 47.1 Å². The minimum atomic E-state index is 0.505. The summed E-state index contributed by atoms with van der Waals surface area (Å²) in [6.45, 7) is 2.91. The minimum absolute atomic E-state index is 0.505. The summed E-state index contributed by atoms with van der Waals surface area (Å²) in [6, 6.07) is 18.6. The van der Waals surface area contributed by atoms with E-state index in [1.807, 2.05) is 30.3 Å². The standard InChI is InChI=1S/C17H19BrO/c1-14-7-5-6-10-17(14)15(13-18)11-12-19-16-8-3-2-4-9-16/h2-10,15H,11-13H2,1H3. The van der Waals surface area contributed by atoms with E-state index in [0.717, 1.165) is 24.1 Å². The Hall–Kier alpha value is -1.28. The molecule has 0 aliphatic rings. The molecule has 100 valence electrons. The van der Waals surface area contributed by atoms with Crippen molar-refractivity contribution in [1.29, 1.82) is 0 Å². The lowest BCUT2D eigenvalue weighted by Gasteiger charge is -2.17. The van der Waals surface area contributed by atoms with Crippen molar-refractivity contribution < 1.29 is 4.74 Å². The largest absolute Gasteiger partial charge is 0.494 e. The molecule has 0 aliphatic carbocycles. The summed E-state index contributed by atoms with van der Waals surface area (Å²) in [7, 11) is 0. The van der Waals surface area contributed by atoms with Crippen LogP contribution in [0.2, 0.25) is 0 Å². The molecule has 0 amide bonds. The lowest BCUT2D eigenvalue weighted by Crippen LogP contribution is -2.08. The molecule has 0 heterocycles. The highest BCUT2D eigenvalue weighted by atomic mass is 79.9. The van der Waals surface area contributed by atoms with Crippen LogP contribution in [0.5, 0.6) is 5.75 Å². The quantitative estimate of drug-likeness (QED) is 0.685. The average molecular weight is 319 g/mol. The Labute approximate surface area is 123 Å². The molecule has 0 aromatic heterocycles. The summed E-state index contributed by atoms with van der Waals surface area (Å²) in [5.41, 5.74) is 2.77. The number of hydrogen-bond acceptors (Lipinski definition) is 1. The third-order valence-corrected chi connectivity index (χ3v) is 4.07. The van der Waals surface area contributed by atoms with Gasteiger partial charge in [0.25, 0.3) is 0 Å². The number of ether oxygens (including phenoxy) is 1. The van der Waals surface area contributed by atoms with Gasteiger partial charge in [-0.25, -0.2) is 0 Å². The first-order valence-electron chi connectivity index (χ1n) is 6.60. The Bertz CT molecular complexity index is 496. The van der Waals surface area contributed by atoms with Crippen LogP contribution in [0, 0.1) is 6.92 Å². The van der Waals surface area contributed by atoms with Crippen molar-refractivity contribution in [3.05, 3.63) is 65.7 Å².